The van der Waals surface area contributed by atoms with Crippen LogP contribution in [-0.4, -0.2) is 49.0 Å². The molecule has 0 saturated carbocycles. The van der Waals surface area contributed by atoms with Crippen molar-refractivity contribution in [1.82, 2.24) is 4.90 Å². The average molecular weight is 264 g/mol. The highest BCUT2D eigenvalue weighted by Gasteiger charge is 2.25. The van der Waals surface area contributed by atoms with Crippen molar-refractivity contribution in [3.8, 4) is 0 Å². The number of likely N-dealkylation sites (tertiary alicyclic amines) is 1. The van der Waals surface area contributed by atoms with E-state index in [2.05, 4.69) is 29.2 Å². The molecule has 1 aliphatic heterocycles. The molecule has 1 unspecified atom stereocenters. The fourth-order valence-corrected chi connectivity index (χ4v) is 2.74. The third kappa shape index (κ3) is 4.01. The summed E-state index contributed by atoms with van der Waals surface area (Å²) in [5.74, 6) is 0. The Morgan fingerprint density at radius 1 is 1.26 bits per heavy atom. The maximum absolute atomic E-state index is 8.77. The number of nitrogens with zero attached hydrogens (tertiary/aromatic N) is 1. The average Bonchev–Trinajstić information content (AvgIpc) is 2.48. The molecule has 19 heavy (non-hydrogen) atoms. The van der Waals surface area contributed by atoms with Gasteiger partial charge in [0.15, 0.2) is 0 Å². The molecular weight excluding hydrogens is 240 g/mol. The molecule has 2 rings (SSSR count). The Morgan fingerprint density at radius 3 is 2.53 bits per heavy atom. The first-order valence-corrected chi connectivity index (χ1v) is 7.06. The predicted molar refractivity (Wildman–Crippen MR) is 75.9 cm³/mol. The van der Waals surface area contributed by atoms with E-state index in [0.29, 0.717) is 19.2 Å². The zero-order chi connectivity index (χ0) is 13.5. The molecule has 1 saturated heterocycles. The van der Waals surface area contributed by atoms with Gasteiger partial charge in [0.1, 0.15) is 0 Å². The number of benzene rings is 1. The zero-order valence-corrected chi connectivity index (χ0v) is 11.4. The van der Waals surface area contributed by atoms with Crippen LogP contribution in [0.5, 0.6) is 0 Å². The summed E-state index contributed by atoms with van der Waals surface area (Å²) in [6.07, 6.45) is 2.32. The summed E-state index contributed by atoms with van der Waals surface area (Å²) in [6.45, 7) is 3.21. The smallest absolute Gasteiger partial charge is 0.0701 e. The molecular formula is C15H24N2O2. The van der Waals surface area contributed by atoms with E-state index >= 15 is 0 Å². The molecule has 106 valence electrons. The van der Waals surface area contributed by atoms with Crippen LogP contribution in [0.4, 0.5) is 0 Å². The number of aliphatic hydroxyl groups is 1. The largest absolute Gasteiger partial charge is 0.394 e. The molecule has 1 atom stereocenters. The van der Waals surface area contributed by atoms with Crippen LogP contribution in [0.1, 0.15) is 24.4 Å². The van der Waals surface area contributed by atoms with Crippen molar-refractivity contribution < 1.29 is 9.84 Å². The fraction of sp³-hybridized carbons (Fsp3) is 0.600. The van der Waals surface area contributed by atoms with Crippen molar-refractivity contribution in [3.63, 3.8) is 0 Å². The van der Waals surface area contributed by atoms with Crippen LogP contribution in [0, 0.1) is 0 Å². The molecule has 1 aliphatic rings. The summed E-state index contributed by atoms with van der Waals surface area (Å²) < 4.78 is 5.59. The maximum atomic E-state index is 8.77. The van der Waals surface area contributed by atoms with Crippen LogP contribution < -0.4 is 5.73 Å². The first-order chi connectivity index (χ1) is 9.35. The topological polar surface area (TPSA) is 58.7 Å². The first kappa shape index (κ1) is 14.5. The predicted octanol–water partition coefficient (Wildman–Crippen LogP) is 1.16. The van der Waals surface area contributed by atoms with Gasteiger partial charge in [-0.05, 0) is 18.4 Å². The Bertz CT molecular complexity index is 350. The van der Waals surface area contributed by atoms with Gasteiger partial charge >= 0.3 is 0 Å². The van der Waals surface area contributed by atoms with Gasteiger partial charge in [0.25, 0.3) is 0 Å². The quantitative estimate of drug-likeness (QED) is 0.809. The summed E-state index contributed by atoms with van der Waals surface area (Å²) in [7, 11) is 0. The van der Waals surface area contributed by atoms with E-state index < -0.39 is 0 Å². The van der Waals surface area contributed by atoms with Crippen LogP contribution in [0.25, 0.3) is 0 Å². The van der Waals surface area contributed by atoms with Gasteiger partial charge in [-0.3, -0.25) is 4.90 Å². The van der Waals surface area contributed by atoms with Crippen molar-refractivity contribution in [2.75, 3.05) is 32.8 Å². The fourth-order valence-electron chi connectivity index (χ4n) is 2.74. The second kappa shape index (κ2) is 7.60. The van der Waals surface area contributed by atoms with Crippen molar-refractivity contribution in [1.29, 1.82) is 0 Å². The van der Waals surface area contributed by atoms with Crippen LogP contribution >= 0.6 is 0 Å². The highest BCUT2D eigenvalue weighted by Crippen LogP contribution is 2.24. The first-order valence-electron chi connectivity index (χ1n) is 7.06. The van der Waals surface area contributed by atoms with E-state index in [9.17, 15) is 0 Å². The van der Waals surface area contributed by atoms with Gasteiger partial charge in [-0.25, -0.2) is 0 Å². The highest BCUT2D eigenvalue weighted by molar-refractivity contribution is 5.19. The third-order valence-electron chi connectivity index (χ3n) is 3.77. The second-order valence-electron chi connectivity index (χ2n) is 4.99. The van der Waals surface area contributed by atoms with Crippen LogP contribution in [0.3, 0.4) is 0 Å². The summed E-state index contributed by atoms with van der Waals surface area (Å²) in [6, 6.07) is 10.8. The van der Waals surface area contributed by atoms with Gasteiger partial charge in [-0.1, -0.05) is 30.3 Å². The molecule has 4 heteroatoms. The lowest BCUT2D eigenvalue weighted by molar-refractivity contribution is -0.0148. The minimum absolute atomic E-state index is 0.107. The van der Waals surface area contributed by atoms with Gasteiger partial charge in [-0.2, -0.15) is 0 Å². The minimum Gasteiger partial charge on any atom is -0.394 e. The van der Waals surface area contributed by atoms with Gasteiger partial charge in [0.05, 0.1) is 19.3 Å². The molecule has 4 nitrogen and oxygen atoms in total. The number of piperidine rings is 1. The molecule has 1 aromatic rings. The van der Waals surface area contributed by atoms with E-state index in [4.69, 9.17) is 15.6 Å². The standard InChI is InChI=1S/C15H24N2O2/c16-12-15(13-4-2-1-3-5-13)17-8-6-14(7-9-17)19-11-10-18/h1-5,14-15,18H,6-12,16H2. The lowest BCUT2D eigenvalue weighted by Crippen LogP contribution is -2.42. The Hall–Kier alpha value is -0.940. The number of rotatable bonds is 6. The van der Waals surface area contributed by atoms with E-state index in [0.717, 1.165) is 25.9 Å². The molecule has 1 aromatic carbocycles. The van der Waals surface area contributed by atoms with Crippen LogP contribution in [0.2, 0.25) is 0 Å². The molecule has 1 fully saturated rings. The Kier molecular flexibility index (Phi) is 5.79. The lowest BCUT2D eigenvalue weighted by Gasteiger charge is -2.37. The number of hydrogen-bond acceptors (Lipinski definition) is 4. The van der Waals surface area contributed by atoms with Crippen LogP contribution in [-0.2, 0) is 4.74 Å². The Morgan fingerprint density at radius 2 is 1.95 bits per heavy atom. The van der Waals surface area contributed by atoms with Gasteiger partial charge in [0, 0.05) is 25.7 Å². The van der Waals surface area contributed by atoms with Crippen molar-refractivity contribution >= 4 is 0 Å². The lowest BCUT2D eigenvalue weighted by atomic mass is 10.0. The number of nitrogens with two attached hydrogens (primary N) is 1. The molecule has 0 aromatic heterocycles. The van der Waals surface area contributed by atoms with Gasteiger partial charge in [0.2, 0.25) is 0 Å². The second-order valence-corrected chi connectivity index (χ2v) is 4.99. The third-order valence-corrected chi connectivity index (χ3v) is 3.77. The monoisotopic (exact) mass is 264 g/mol. The SMILES string of the molecule is NCC(c1ccccc1)N1CCC(OCCO)CC1. The number of hydrogen-bond donors (Lipinski definition) is 2. The summed E-state index contributed by atoms with van der Waals surface area (Å²) in [5.41, 5.74) is 7.24. The molecule has 0 aliphatic carbocycles. The van der Waals surface area contributed by atoms with E-state index in [1.807, 2.05) is 6.07 Å². The summed E-state index contributed by atoms with van der Waals surface area (Å²) >= 11 is 0. The normalized spacial score (nSPS) is 19.5. The minimum atomic E-state index is 0.107. The van der Waals surface area contributed by atoms with Crippen molar-refractivity contribution in [2.45, 2.75) is 25.0 Å². The van der Waals surface area contributed by atoms with Crippen molar-refractivity contribution in [3.05, 3.63) is 35.9 Å². The van der Waals surface area contributed by atoms with E-state index in [-0.39, 0.29) is 12.7 Å². The maximum Gasteiger partial charge on any atom is 0.0701 e. The molecule has 3 N–H and O–H groups in total. The Balaban J connectivity index is 1.89. The number of ether oxygens (including phenoxy) is 1. The highest BCUT2D eigenvalue weighted by atomic mass is 16.5. The molecule has 0 amide bonds. The molecule has 0 radical (unpaired) electrons. The summed E-state index contributed by atoms with van der Waals surface area (Å²) in [5, 5.41) is 8.77. The van der Waals surface area contributed by atoms with E-state index in [1.54, 1.807) is 0 Å². The molecule has 1 heterocycles. The number of aliphatic hydroxyl groups excluding tert-OH is 1. The molecule has 0 bridgehead atoms. The summed E-state index contributed by atoms with van der Waals surface area (Å²) in [4.78, 5) is 2.44. The van der Waals surface area contributed by atoms with Gasteiger partial charge in [-0.15, -0.1) is 0 Å². The van der Waals surface area contributed by atoms with Crippen LogP contribution in [0.15, 0.2) is 30.3 Å². The Labute approximate surface area is 115 Å². The van der Waals surface area contributed by atoms with E-state index in [1.165, 1.54) is 5.56 Å². The molecule has 0 spiro atoms. The zero-order valence-electron chi connectivity index (χ0n) is 11.4. The van der Waals surface area contributed by atoms with Crippen molar-refractivity contribution in [2.24, 2.45) is 5.73 Å². The van der Waals surface area contributed by atoms with Gasteiger partial charge < -0.3 is 15.6 Å².